The average molecular weight is 175 g/mol. The lowest BCUT2D eigenvalue weighted by Crippen LogP contribution is -1.59. The van der Waals surface area contributed by atoms with E-state index in [4.69, 9.17) is 0 Å². The molecule has 4 nitrogen and oxygen atoms in total. The van der Waals surface area contributed by atoms with E-state index in [2.05, 4.69) is 35.6 Å². The van der Waals surface area contributed by atoms with E-state index in [1.165, 1.54) is 0 Å². The van der Waals surface area contributed by atoms with E-state index in [9.17, 15) is 0 Å². The van der Waals surface area contributed by atoms with Crippen molar-refractivity contribution in [1.82, 2.24) is 10.2 Å². The molecule has 1 aromatic heterocycles. The normalized spacial score (nSPS) is 10.6. The summed E-state index contributed by atoms with van der Waals surface area (Å²) in [6, 6.07) is 1.71. The van der Waals surface area contributed by atoms with Gasteiger partial charge in [-0.2, -0.15) is 5.10 Å². The standard InChI is InChI=1S/C3H3BrN4/c4-8-7-3-1-2-5-6-3/h1-2H,(H,5,6). The summed E-state index contributed by atoms with van der Waals surface area (Å²) in [4.78, 5) is 0. The number of hydrogen-bond acceptors (Lipinski definition) is 3. The van der Waals surface area contributed by atoms with Gasteiger partial charge in [-0.1, -0.05) is 0 Å². The van der Waals surface area contributed by atoms with Gasteiger partial charge >= 0.3 is 0 Å². The number of halogens is 1. The minimum Gasteiger partial charge on any atom is -0.283 e. The molecule has 0 bridgehead atoms. The summed E-state index contributed by atoms with van der Waals surface area (Å²) in [5, 5.41) is 9.85. The van der Waals surface area contributed by atoms with Crippen LogP contribution in [0.4, 0.5) is 5.82 Å². The largest absolute Gasteiger partial charge is 0.283 e. The molecule has 0 saturated carbocycles. The van der Waals surface area contributed by atoms with Crippen molar-refractivity contribution in [3.63, 3.8) is 0 Å². The SMILES string of the molecule is BrN=Nc1cc[nH]n1. The van der Waals surface area contributed by atoms with E-state index >= 15 is 0 Å². The third-order valence-corrected chi connectivity index (χ3v) is 0.785. The van der Waals surface area contributed by atoms with Crippen molar-refractivity contribution in [2.75, 3.05) is 0 Å². The Morgan fingerprint density at radius 3 is 3.12 bits per heavy atom. The van der Waals surface area contributed by atoms with Crippen LogP contribution < -0.4 is 0 Å². The Kier molecular flexibility index (Phi) is 1.74. The maximum absolute atomic E-state index is 3.69. The second-order valence-electron chi connectivity index (χ2n) is 1.11. The van der Waals surface area contributed by atoms with Crippen molar-refractivity contribution in [3.05, 3.63) is 12.3 Å². The van der Waals surface area contributed by atoms with E-state index in [1.807, 2.05) is 0 Å². The Morgan fingerprint density at radius 1 is 1.75 bits per heavy atom. The second-order valence-corrected chi connectivity index (χ2v) is 1.43. The fourth-order valence-corrected chi connectivity index (χ4v) is 0.509. The van der Waals surface area contributed by atoms with Gasteiger partial charge in [-0.15, -0.1) is 9.25 Å². The van der Waals surface area contributed by atoms with Crippen LogP contribution in [0.25, 0.3) is 0 Å². The molecule has 0 radical (unpaired) electrons. The highest BCUT2D eigenvalue weighted by atomic mass is 79.9. The Balaban J connectivity index is 2.77. The van der Waals surface area contributed by atoms with Gasteiger partial charge in [-0.3, -0.25) is 5.10 Å². The minimum atomic E-state index is 0.571. The Bertz CT molecular complexity index is 167. The summed E-state index contributed by atoms with van der Waals surface area (Å²) in [5.74, 6) is 0.571. The van der Waals surface area contributed by atoms with Crippen molar-refractivity contribution in [3.8, 4) is 0 Å². The number of nitrogens with zero attached hydrogens (tertiary/aromatic N) is 3. The summed E-state index contributed by atoms with van der Waals surface area (Å²) in [6.45, 7) is 0. The van der Waals surface area contributed by atoms with Gasteiger partial charge in [-0.25, -0.2) is 0 Å². The summed E-state index contributed by atoms with van der Waals surface area (Å²) in [6.07, 6.45) is 1.68. The summed E-state index contributed by atoms with van der Waals surface area (Å²) in [7, 11) is 0. The monoisotopic (exact) mass is 174 g/mol. The number of H-pyrrole nitrogens is 1. The number of hydrogen-bond donors (Lipinski definition) is 1. The molecule has 0 amide bonds. The molecular formula is C3H3BrN4. The minimum absolute atomic E-state index is 0.571. The third-order valence-electron chi connectivity index (χ3n) is 0.626. The maximum Gasteiger partial charge on any atom is 0.196 e. The van der Waals surface area contributed by atoms with Gasteiger partial charge in [0.2, 0.25) is 0 Å². The quantitative estimate of drug-likeness (QED) is 0.650. The zero-order valence-corrected chi connectivity index (χ0v) is 5.46. The van der Waals surface area contributed by atoms with Crippen molar-refractivity contribution < 1.29 is 0 Å². The van der Waals surface area contributed by atoms with Gasteiger partial charge in [0, 0.05) is 12.3 Å². The first-order valence-corrected chi connectivity index (χ1v) is 2.66. The summed E-state index contributed by atoms with van der Waals surface area (Å²) in [5.41, 5.74) is 0. The van der Waals surface area contributed by atoms with Crippen molar-refractivity contribution in [2.24, 2.45) is 9.25 Å². The van der Waals surface area contributed by atoms with Crippen molar-refractivity contribution in [1.29, 1.82) is 0 Å². The summed E-state index contributed by atoms with van der Waals surface area (Å²) < 4.78 is 3.33. The van der Waals surface area contributed by atoms with Crippen LogP contribution in [0.5, 0.6) is 0 Å². The van der Waals surface area contributed by atoms with E-state index in [-0.39, 0.29) is 0 Å². The Hall–Kier alpha value is -0.710. The van der Waals surface area contributed by atoms with Crippen LogP contribution in [0.1, 0.15) is 0 Å². The van der Waals surface area contributed by atoms with E-state index in [0.29, 0.717) is 5.82 Å². The van der Waals surface area contributed by atoms with Crippen LogP contribution in [-0.2, 0) is 0 Å². The zero-order chi connectivity index (χ0) is 5.82. The van der Waals surface area contributed by atoms with Gasteiger partial charge in [0.15, 0.2) is 5.82 Å². The molecule has 0 fully saturated rings. The van der Waals surface area contributed by atoms with Gasteiger partial charge in [0.1, 0.15) is 16.1 Å². The lowest BCUT2D eigenvalue weighted by molar-refractivity contribution is 1.07. The molecule has 0 spiro atoms. The molecule has 0 aliphatic heterocycles. The molecule has 1 N–H and O–H groups in total. The number of rotatable bonds is 1. The van der Waals surface area contributed by atoms with Crippen LogP contribution in [0.15, 0.2) is 21.5 Å². The molecule has 0 aromatic carbocycles. The molecule has 8 heavy (non-hydrogen) atoms. The first kappa shape index (κ1) is 5.43. The highest BCUT2D eigenvalue weighted by molar-refractivity contribution is 9.08. The molecule has 5 heteroatoms. The maximum atomic E-state index is 3.69. The number of aromatic amines is 1. The molecule has 1 rings (SSSR count). The molecule has 0 aliphatic carbocycles. The predicted molar refractivity (Wildman–Crippen MR) is 32.0 cm³/mol. The van der Waals surface area contributed by atoms with Gasteiger partial charge in [0.05, 0.1) is 0 Å². The molecule has 1 heterocycles. The van der Waals surface area contributed by atoms with Gasteiger partial charge < -0.3 is 0 Å². The Labute approximate surface area is 54.4 Å². The van der Waals surface area contributed by atoms with E-state index in [1.54, 1.807) is 12.3 Å². The van der Waals surface area contributed by atoms with Crippen LogP contribution >= 0.6 is 16.1 Å². The van der Waals surface area contributed by atoms with Gasteiger partial charge in [0.25, 0.3) is 0 Å². The molecule has 1 aromatic rings. The first-order valence-electron chi connectivity index (χ1n) is 1.95. The lowest BCUT2D eigenvalue weighted by Gasteiger charge is -1.71. The smallest absolute Gasteiger partial charge is 0.196 e. The molecule has 0 aliphatic rings. The second kappa shape index (κ2) is 2.56. The molecule has 42 valence electrons. The highest BCUT2D eigenvalue weighted by Gasteiger charge is 1.84. The molecule has 0 saturated heterocycles. The molecule has 0 unspecified atom stereocenters. The van der Waals surface area contributed by atoms with E-state index < -0.39 is 0 Å². The lowest BCUT2D eigenvalue weighted by atomic mass is 10.7. The molecular weight excluding hydrogens is 172 g/mol. The number of nitrogens with one attached hydrogen (secondary N) is 1. The fraction of sp³-hybridized carbons (Fsp3) is 0. The molecule has 0 atom stereocenters. The Morgan fingerprint density at radius 2 is 2.62 bits per heavy atom. The topological polar surface area (TPSA) is 53.4 Å². The number of aromatic nitrogens is 2. The van der Waals surface area contributed by atoms with Crippen molar-refractivity contribution >= 4 is 22.0 Å². The van der Waals surface area contributed by atoms with Crippen molar-refractivity contribution in [2.45, 2.75) is 0 Å². The van der Waals surface area contributed by atoms with Crippen LogP contribution in [0, 0.1) is 0 Å². The first-order chi connectivity index (χ1) is 3.93. The van der Waals surface area contributed by atoms with Crippen LogP contribution in [-0.4, -0.2) is 10.2 Å². The average Bonchev–Trinajstić information content (AvgIpc) is 2.19. The van der Waals surface area contributed by atoms with Crippen LogP contribution in [0.2, 0.25) is 0 Å². The van der Waals surface area contributed by atoms with Crippen LogP contribution in [0.3, 0.4) is 0 Å². The third kappa shape index (κ3) is 1.13. The zero-order valence-electron chi connectivity index (χ0n) is 3.87. The predicted octanol–water partition coefficient (Wildman–Crippen LogP) is 1.80. The van der Waals surface area contributed by atoms with Gasteiger partial charge in [-0.05, 0) is 0 Å². The fourth-order valence-electron chi connectivity index (χ4n) is 0.347. The van der Waals surface area contributed by atoms with E-state index in [0.717, 1.165) is 0 Å². The highest BCUT2D eigenvalue weighted by Crippen LogP contribution is 2.05. The summed E-state index contributed by atoms with van der Waals surface area (Å²) >= 11 is 2.78.